The molecule has 1 amide bonds. The lowest BCUT2D eigenvalue weighted by molar-refractivity contribution is -0.120. The highest BCUT2D eigenvalue weighted by Gasteiger charge is 2.44. The second kappa shape index (κ2) is 8.86. The SMILES string of the molecule is CC(=O)N[C@@H](Cc1ccccc1)[C@@H](O)CN[C@H]1CC2(CCC2)Cc2ncc(C)cc21. The van der Waals surface area contributed by atoms with Gasteiger partial charge in [0.15, 0.2) is 0 Å². The Morgan fingerprint density at radius 1 is 1.30 bits per heavy atom. The Morgan fingerprint density at radius 3 is 2.73 bits per heavy atom. The summed E-state index contributed by atoms with van der Waals surface area (Å²) in [6, 6.07) is 12.1. The van der Waals surface area contributed by atoms with Crippen molar-refractivity contribution >= 4 is 5.91 Å². The first kappa shape index (κ1) is 21.0. The molecule has 3 atom stereocenters. The first-order valence-electron chi connectivity index (χ1n) is 11.1. The summed E-state index contributed by atoms with van der Waals surface area (Å²) in [6.07, 6.45) is 7.92. The molecule has 4 rings (SSSR count). The number of aliphatic hydroxyl groups is 1. The quantitative estimate of drug-likeness (QED) is 0.659. The molecule has 1 spiro atoms. The third kappa shape index (κ3) is 4.73. The van der Waals surface area contributed by atoms with E-state index in [1.807, 2.05) is 36.5 Å². The van der Waals surface area contributed by atoms with Crippen molar-refractivity contribution in [3.63, 3.8) is 0 Å². The number of nitrogens with one attached hydrogen (secondary N) is 2. The summed E-state index contributed by atoms with van der Waals surface area (Å²) >= 11 is 0. The van der Waals surface area contributed by atoms with E-state index >= 15 is 0 Å². The first-order valence-corrected chi connectivity index (χ1v) is 11.1. The second-order valence-corrected chi connectivity index (χ2v) is 9.31. The summed E-state index contributed by atoms with van der Waals surface area (Å²) in [4.78, 5) is 16.5. The number of aromatic nitrogens is 1. The van der Waals surface area contributed by atoms with E-state index in [0.717, 1.165) is 18.4 Å². The number of aliphatic hydroxyl groups excluding tert-OH is 1. The fraction of sp³-hybridized carbons (Fsp3) is 0.520. The zero-order chi connectivity index (χ0) is 21.1. The van der Waals surface area contributed by atoms with Gasteiger partial charge in [0.1, 0.15) is 0 Å². The van der Waals surface area contributed by atoms with E-state index in [-0.39, 0.29) is 18.0 Å². The standard InChI is InChI=1S/C25H33N3O2/c1-17-11-20-22(26-15-17)13-25(9-6-10-25)14-23(20)27-16-24(30)21(28-18(2)29)12-19-7-4-3-5-8-19/h3-5,7-8,11,15,21,23-24,27,30H,6,9-10,12-14,16H2,1-2H3,(H,28,29)/t21-,23-,24-/m0/s1. The van der Waals surface area contributed by atoms with Crippen molar-refractivity contribution in [2.45, 2.75) is 70.6 Å². The van der Waals surface area contributed by atoms with Crippen LogP contribution in [-0.4, -0.2) is 34.7 Å². The van der Waals surface area contributed by atoms with Crippen molar-refractivity contribution < 1.29 is 9.90 Å². The number of hydrogen-bond acceptors (Lipinski definition) is 4. The minimum atomic E-state index is -0.672. The van der Waals surface area contributed by atoms with Crippen LogP contribution in [0.5, 0.6) is 0 Å². The van der Waals surface area contributed by atoms with Crippen LogP contribution in [0, 0.1) is 12.3 Å². The normalized spacial score (nSPS) is 21.4. The predicted octanol–water partition coefficient (Wildman–Crippen LogP) is 3.25. The summed E-state index contributed by atoms with van der Waals surface area (Å²) in [5, 5.41) is 17.5. The number of nitrogens with zero attached hydrogens (tertiary/aromatic N) is 1. The molecular formula is C25H33N3O2. The second-order valence-electron chi connectivity index (χ2n) is 9.31. The van der Waals surface area contributed by atoms with Crippen LogP contribution in [0.2, 0.25) is 0 Å². The maximum Gasteiger partial charge on any atom is 0.217 e. The maximum atomic E-state index is 11.7. The molecule has 0 saturated heterocycles. The molecule has 1 heterocycles. The third-order valence-corrected chi connectivity index (χ3v) is 6.83. The number of benzene rings is 1. The average molecular weight is 408 g/mol. The molecule has 2 aliphatic rings. The smallest absolute Gasteiger partial charge is 0.217 e. The molecule has 5 heteroatoms. The Kier molecular flexibility index (Phi) is 6.21. The Hall–Kier alpha value is -2.24. The molecule has 160 valence electrons. The number of carbonyl (C=O) groups excluding carboxylic acids is 1. The number of pyridine rings is 1. The van der Waals surface area contributed by atoms with E-state index in [9.17, 15) is 9.90 Å². The number of carbonyl (C=O) groups is 1. The van der Waals surface area contributed by atoms with Gasteiger partial charge in [0.05, 0.1) is 12.1 Å². The Labute approximate surface area is 179 Å². The average Bonchev–Trinajstić information content (AvgIpc) is 2.70. The molecular weight excluding hydrogens is 374 g/mol. The molecule has 0 aliphatic heterocycles. The molecule has 1 aromatic heterocycles. The summed E-state index contributed by atoms with van der Waals surface area (Å²) in [6.45, 7) is 4.02. The van der Waals surface area contributed by atoms with Gasteiger partial charge in [-0.05, 0) is 61.1 Å². The van der Waals surface area contributed by atoms with Gasteiger partial charge in [-0.1, -0.05) is 42.8 Å². The van der Waals surface area contributed by atoms with Crippen molar-refractivity contribution in [1.82, 2.24) is 15.6 Å². The van der Waals surface area contributed by atoms with Crippen LogP contribution in [0.1, 0.15) is 61.0 Å². The minimum absolute atomic E-state index is 0.119. The largest absolute Gasteiger partial charge is 0.390 e. The number of rotatable bonds is 7. The highest BCUT2D eigenvalue weighted by Crippen LogP contribution is 2.52. The minimum Gasteiger partial charge on any atom is -0.390 e. The maximum absolute atomic E-state index is 11.7. The van der Waals surface area contributed by atoms with Crippen LogP contribution in [0.3, 0.4) is 0 Å². The van der Waals surface area contributed by atoms with Gasteiger partial charge in [0, 0.05) is 31.4 Å². The Balaban J connectivity index is 1.46. The van der Waals surface area contributed by atoms with Crippen molar-refractivity contribution in [2.24, 2.45) is 5.41 Å². The highest BCUT2D eigenvalue weighted by atomic mass is 16.3. The topological polar surface area (TPSA) is 74.2 Å². The Bertz CT molecular complexity index is 879. The van der Waals surface area contributed by atoms with Gasteiger partial charge in [-0.15, -0.1) is 0 Å². The van der Waals surface area contributed by atoms with Crippen molar-refractivity contribution in [2.75, 3.05) is 6.54 Å². The summed E-state index contributed by atoms with van der Waals surface area (Å²) < 4.78 is 0. The molecule has 0 bridgehead atoms. The van der Waals surface area contributed by atoms with Gasteiger partial charge in [-0.3, -0.25) is 9.78 Å². The van der Waals surface area contributed by atoms with Crippen LogP contribution in [0.25, 0.3) is 0 Å². The zero-order valence-corrected chi connectivity index (χ0v) is 18.0. The molecule has 5 nitrogen and oxygen atoms in total. The fourth-order valence-corrected chi connectivity index (χ4v) is 5.10. The van der Waals surface area contributed by atoms with Crippen LogP contribution in [-0.2, 0) is 17.6 Å². The van der Waals surface area contributed by atoms with Gasteiger partial charge in [-0.25, -0.2) is 0 Å². The molecule has 3 N–H and O–H groups in total. The van der Waals surface area contributed by atoms with Crippen molar-refractivity contribution in [3.8, 4) is 0 Å². The van der Waals surface area contributed by atoms with Gasteiger partial charge in [0.25, 0.3) is 0 Å². The third-order valence-electron chi connectivity index (χ3n) is 6.83. The summed E-state index contributed by atoms with van der Waals surface area (Å²) in [5.74, 6) is -0.119. The van der Waals surface area contributed by atoms with Crippen LogP contribution < -0.4 is 10.6 Å². The van der Waals surface area contributed by atoms with E-state index in [1.165, 1.54) is 43.0 Å². The van der Waals surface area contributed by atoms with E-state index in [2.05, 4.69) is 23.6 Å². The van der Waals surface area contributed by atoms with Gasteiger partial charge in [-0.2, -0.15) is 0 Å². The van der Waals surface area contributed by atoms with Gasteiger partial charge < -0.3 is 15.7 Å². The number of hydrogen-bond donors (Lipinski definition) is 3. The number of fused-ring (bicyclic) bond motifs is 1. The van der Waals surface area contributed by atoms with E-state index in [1.54, 1.807) is 0 Å². The van der Waals surface area contributed by atoms with E-state index in [0.29, 0.717) is 18.4 Å². The lowest BCUT2D eigenvalue weighted by atomic mass is 9.59. The van der Waals surface area contributed by atoms with Gasteiger partial charge in [0.2, 0.25) is 5.91 Å². The lowest BCUT2D eigenvalue weighted by Gasteiger charge is -2.48. The van der Waals surface area contributed by atoms with Crippen LogP contribution in [0.15, 0.2) is 42.6 Å². The Morgan fingerprint density at radius 2 is 2.07 bits per heavy atom. The number of amides is 1. The monoisotopic (exact) mass is 407 g/mol. The van der Waals surface area contributed by atoms with Gasteiger partial charge >= 0.3 is 0 Å². The first-order chi connectivity index (χ1) is 14.4. The molecule has 30 heavy (non-hydrogen) atoms. The molecule has 0 radical (unpaired) electrons. The van der Waals surface area contributed by atoms with Crippen LogP contribution >= 0.6 is 0 Å². The highest BCUT2D eigenvalue weighted by molar-refractivity contribution is 5.73. The summed E-state index contributed by atoms with van der Waals surface area (Å²) in [5.41, 5.74) is 5.14. The van der Waals surface area contributed by atoms with Crippen LogP contribution in [0.4, 0.5) is 0 Å². The molecule has 0 unspecified atom stereocenters. The predicted molar refractivity (Wildman–Crippen MR) is 118 cm³/mol. The molecule has 1 aromatic carbocycles. The van der Waals surface area contributed by atoms with Crippen molar-refractivity contribution in [1.29, 1.82) is 0 Å². The molecule has 1 saturated carbocycles. The van der Waals surface area contributed by atoms with E-state index in [4.69, 9.17) is 4.98 Å². The summed E-state index contributed by atoms with van der Waals surface area (Å²) in [7, 11) is 0. The van der Waals surface area contributed by atoms with E-state index < -0.39 is 6.10 Å². The zero-order valence-electron chi connectivity index (χ0n) is 18.0. The lowest BCUT2D eigenvalue weighted by Crippen LogP contribution is -2.49. The van der Waals surface area contributed by atoms with Crippen molar-refractivity contribution in [3.05, 3.63) is 65.0 Å². The molecule has 2 aliphatic carbocycles. The number of aryl methyl sites for hydroxylation is 1. The fourth-order valence-electron chi connectivity index (χ4n) is 5.10. The molecule has 2 aromatic rings. The molecule has 1 fully saturated rings.